The Morgan fingerprint density at radius 2 is 2.14 bits per heavy atom. The van der Waals surface area contributed by atoms with Crippen LogP contribution >= 0.6 is 0 Å². The zero-order chi connectivity index (χ0) is 16.7. The lowest BCUT2D eigenvalue weighted by molar-refractivity contribution is 0.0821. The number of halogens is 3. The standard InChI is InChI=1S/C14H19F3N2O3/c1-9(20)5-6-19(2)14(21)18-11-4-3-10(15)7-12(11)22-8-13(16)17/h3-4,7,9,13,20H,5-6,8H2,1-2H3,(H,18,21). The van der Waals surface area contributed by atoms with Crippen LogP contribution in [-0.4, -0.2) is 48.8 Å². The Morgan fingerprint density at radius 3 is 2.73 bits per heavy atom. The molecular weight excluding hydrogens is 301 g/mol. The number of anilines is 1. The Balaban J connectivity index is 2.72. The van der Waals surface area contributed by atoms with Gasteiger partial charge in [0.15, 0.2) is 0 Å². The van der Waals surface area contributed by atoms with Crippen LogP contribution in [0.2, 0.25) is 0 Å². The Labute approximate surface area is 126 Å². The van der Waals surface area contributed by atoms with E-state index in [4.69, 9.17) is 4.74 Å². The van der Waals surface area contributed by atoms with E-state index in [9.17, 15) is 23.1 Å². The fraction of sp³-hybridized carbons (Fsp3) is 0.500. The fourth-order valence-electron chi connectivity index (χ4n) is 1.56. The zero-order valence-electron chi connectivity index (χ0n) is 12.4. The van der Waals surface area contributed by atoms with E-state index in [0.717, 1.165) is 12.1 Å². The number of carbonyl (C=O) groups excluding carboxylic acids is 1. The second-order valence-electron chi connectivity index (χ2n) is 4.83. The molecule has 0 saturated heterocycles. The third-order valence-electron chi connectivity index (χ3n) is 2.78. The summed E-state index contributed by atoms with van der Waals surface area (Å²) < 4.78 is 42.3. The molecule has 2 amide bonds. The maximum absolute atomic E-state index is 13.2. The topological polar surface area (TPSA) is 61.8 Å². The van der Waals surface area contributed by atoms with E-state index in [1.807, 2.05) is 0 Å². The van der Waals surface area contributed by atoms with Gasteiger partial charge in [-0.05, 0) is 25.5 Å². The van der Waals surface area contributed by atoms with Crippen molar-refractivity contribution in [2.45, 2.75) is 25.9 Å². The first-order chi connectivity index (χ1) is 10.3. The minimum Gasteiger partial charge on any atom is -0.485 e. The molecule has 0 aromatic heterocycles. The van der Waals surface area contributed by atoms with Crippen LogP contribution in [0.5, 0.6) is 5.75 Å². The van der Waals surface area contributed by atoms with E-state index in [-0.39, 0.29) is 11.4 Å². The van der Waals surface area contributed by atoms with Gasteiger partial charge in [0, 0.05) is 19.7 Å². The van der Waals surface area contributed by atoms with Crippen molar-refractivity contribution in [2.24, 2.45) is 0 Å². The Bertz CT molecular complexity index is 498. The van der Waals surface area contributed by atoms with Gasteiger partial charge in [0.25, 0.3) is 6.43 Å². The second-order valence-corrected chi connectivity index (χ2v) is 4.83. The zero-order valence-corrected chi connectivity index (χ0v) is 12.4. The predicted molar refractivity (Wildman–Crippen MR) is 75.8 cm³/mol. The fourth-order valence-corrected chi connectivity index (χ4v) is 1.56. The summed E-state index contributed by atoms with van der Waals surface area (Å²) in [7, 11) is 1.51. The highest BCUT2D eigenvalue weighted by molar-refractivity contribution is 5.90. The van der Waals surface area contributed by atoms with Crippen molar-refractivity contribution in [3.05, 3.63) is 24.0 Å². The van der Waals surface area contributed by atoms with Crippen LogP contribution in [0.1, 0.15) is 13.3 Å². The van der Waals surface area contributed by atoms with E-state index < -0.39 is 31.0 Å². The number of urea groups is 1. The lowest BCUT2D eigenvalue weighted by atomic mass is 10.2. The lowest BCUT2D eigenvalue weighted by Gasteiger charge is -2.20. The molecule has 0 heterocycles. The molecule has 0 aliphatic heterocycles. The van der Waals surface area contributed by atoms with Crippen molar-refractivity contribution in [3.63, 3.8) is 0 Å². The molecule has 0 radical (unpaired) electrons. The number of rotatable bonds is 7. The highest BCUT2D eigenvalue weighted by Crippen LogP contribution is 2.26. The largest absolute Gasteiger partial charge is 0.485 e. The second kappa shape index (κ2) is 8.47. The average molecular weight is 320 g/mol. The molecule has 0 aliphatic carbocycles. The van der Waals surface area contributed by atoms with Crippen LogP contribution in [0.3, 0.4) is 0 Å². The van der Waals surface area contributed by atoms with Gasteiger partial charge < -0.3 is 20.1 Å². The summed E-state index contributed by atoms with van der Waals surface area (Å²) in [6, 6.07) is 2.72. The van der Waals surface area contributed by atoms with Gasteiger partial charge in [0.05, 0.1) is 11.8 Å². The number of nitrogens with one attached hydrogen (secondary N) is 1. The molecule has 2 N–H and O–H groups in total. The number of nitrogens with zero attached hydrogens (tertiary/aromatic N) is 1. The van der Waals surface area contributed by atoms with Crippen molar-refractivity contribution in [1.29, 1.82) is 0 Å². The molecule has 1 unspecified atom stereocenters. The molecule has 1 aromatic carbocycles. The third-order valence-corrected chi connectivity index (χ3v) is 2.78. The number of aliphatic hydroxyl groups is 1. The predicted octanol–water partition coefficient (Wildman–Crippen LogP) is 2.70. The number of carbonyl (C=O) groups is 1. The van der Waals surface area contributed by atoms with Gasteiger partial charge in [-0.2, -0.15) is 0 Å². The van der Waals surface area contributed by atoms with E-state index in [1.165, 1.54) is 18.0 Å². The molecule has 0 fully saturated rings. The lowest BCUT2D eigenvalue weighted by Crippen LogP contribution is -2.33. The normalized spacial score (nSPS) is 12.1. The van der Waals surface area contributed by atoms with Crippen molar-refractivity contribution in [1.82, 2.24) is 4.90 Å². The van der Waals surface area contributed by atoms with Gasteiger partial charge in [-0.3, -0.25) is 0 Å². The maximum atomic E-state index is 13.2. The summed E-state index contributed by atoms with van der Waals surface area (Å²) in [6.07, 6.45) is -2.87. The van der Waals surface area contributed by atoms with Crippen LogP contribution in [0.4, 0.5) is 23.7 Å². The van der Waals surface area contributed by atoms with Crippen LogP contribution in [0, 0.1) is 5.82 Å². The minimum absolute atomic E-state index is 0.0935. The molecule has 1 aromatic rings. The van der Waals surface area contributed by atoms with Gasteiger partial charge in [-0.15, -0.1) is 0 Å². The van der Waals surface area contributed by atoms with Gasteiger partial charge in [-0.25, -0.2) is 18.0 Å². The van der Waals surface area contributed by atoms with Crippen molar-refractivity contribution < 1.29 is 27.8 Å². The summed E-state index contributed by atoms with van der Waals surface area (Å²) >= 11 is 0. The molecule has 124 valence electrons. The first kappa shape index (κ1) is 18.1. The van der Waals surface area contributed by atoms with Crippen LogP contribution < -0.4 is 10.1 Å². The molecule has 1 rings (SSSR count). The molecule has 8 heteroatoms. The third kappa shape index (κ3) is 6.21. The molecule has 0 saturated carbocycles. The van der Waals surface area contributed by atoms with Crippen LogP contribution in [-0.2, 0) is 0 Å². The Kier molecular flexibility index (Phi) is 6.97. The SMILES string of the molecule is CC(O)CCN(C)C(=O)Nc1ccc(F)cc1OCC(F)F. The molecule has 0 spiro atoms. The van der Waals surface area contributed by atoms with Gasteiger partial charge in [-0.1, -0.05) is 0 Å². The minimum atomic E-state index is -2.71. The van der Waals surface area contributed by atoms with Gasteiger partial charge in [0.1, 0.15) is 18.2 Å². The number of benzene rings is 1. The highest BCUT2D eigenvalue weighted by Gasteiger charge is 2.14. The van der Waals surface area contributed by atoms with Crippen molar-refractivity contribution in [3.8, 4) is 5.75 Å². The van der Waals surface area contributed by atoms with E-state index in [2.05, 4.69) is 5.32 Å². The molecule has 5 nitrogen and oxygen atoms in total. The Morgan fingerprint density at radius 1 is 1.45 bits per heavy atom. The highest BCUT2D eigenvalue weighted by atomic mass is 19.3. The molecular formula is C14H19F3N2O3. The molecule has 1 atom stereocenters. The monoisotopic (exact) mass is 320 g/mol. The first-order valence-corrected chi connectivity index (χ1v) is 6.70. The summed E-state index contributed by atoms with van der Waals surface area (Å²) in [6.45, 7) is 1.00. The van der Waals surface area contributed by atoms with E-state index in [1.54, 1.807) is 6.92 Å². The molecule has 0 bridgehead atoms. The number of hydrogen-bond acceptors (Lipinski definition) is 3. The summed E-state index contributed by atoms with van der Waals surface area (Å²) in [4.78, 5) is 13.2. The number of aliphatic hydroxyl groups excluding tert-OH is 1. The summed E-state index contributed by atoms with van der Waals surface area (Å²) in [5, 5.41) is 11.6. The number of ether oxygens (including phenoxy) is 1. The number of hydrogen-bond donors (Lipinski definition) is 2. The average Bonchev–Trinajstić information content (AvgIpc) is 2.44. The molecule has 0 aliphatic rings. The van der Waals surface area contributed by atoms with Crippen molar-refractivity contribution in [2.75, 3.05) is 25.5 Å². The van der Waals surface area contributed by atoms with Crippen LogP contribution in [0.25, 0.3) is 0 Å². The van der Waals surface area contributed by atoms with E-state index >= 15 is 0 Å². The summed E-state index contributed by atoms with van der Waals surface area (Å²) in [5.74, 6) is -0.831. The maximum Gasteiger partial charge on any atom is 0.321 e. The van der Waals surface area contributed by atoms with Crippen LogP contribution in [0.15, 0.2) is 18.2 Å². The number of alkyl halides is 2. The number of amides is 2. The Hall–Kier alpha value is -1.96. The van der Waals surface area contributed by atoms with E-state index in [0.29, 0.717) is 13.0 Å². The molecule has 22 heavy (non-hydrogen) atoms. The van der Waals surface area contributed by atoms with Crippen molar-refractivity contribution >= 4 is 11.7 Å². The van der Waals surface area contributed by atoms with Gasteiger partial charge >= 0.3 is 6.03 Å². The van der Waals surface area contributed by atoms with Gasteiger partial charge in [0.2, 0.25) is 0 Å². The quantitative estimate of drug-likeness (QED) is 0.812. The first-order valence-electron chi connectivity index (χ1n) is 6.70. The summed E-state index contributed by atoms with van der Waals surface area (Å²) in [5.41, 5.74) is 0.0935. The smallest absolute Gasteiger partial charge is 0.321 e.